The summed E-state index contributed by atoms with van der Waals surface area (Å²) in [6, 6.07) is 1.76. The normalized spacial score (nSPS) is 11.4. The second-order valence-electron chi connectivity index (χ2n) is 3.36. The SMILES string of the molecule is CCC(O)(CC)CNc1ncccn1. The van der Waals surface area contributed by atoms with Crippen molar-refractivity contribution in [2.45, 2.75) is 32.3 Å². The van der Waals surface area contributed by atoms with Gasteiger partial charge in [-0.05, 0) is 18.9 Å². The molecule has 0 unspecified atom stereocenters. The van der Waals surface area contributed by atoms with Crippen LogP contribution in [-0.4, -0.2) is 27.2 Å². The molecule has 0 saturated heterocycles. The predicted octanol–water partition coefficient (Wildman–Crippen LogP) is 1.44. The van der Waals surface area contributed by atoms with E-state index in [0.29, 0.717) is 12.5 Å². The third-order valence-electron chi connectivity index (χ3n) is 2.46. The Kier molecular flexibility index (Phi) is 3.83. The monoisotopic (exact) mass is 195 g/mol. The molecule has 0 radical (unpaired) electrons. The van der Waals surface area contributed by atoms with Crippen LogP contribution in [0.2, 0.25) is 0 Å². The summed E-state index contributed by atoms with van der Waals surface area (Å²) in [7, 11) is 0. The Labute approximate surface area is 84.4 Å². The molecule has 1 aromatic rings. The van der Waals surface area contributed by atoms with Gasteiger partial charge in [-0.3, -0.25) is 0 Å². The summed E-state index contributed by atoms with van der Waals surface area (Å²) in [6.07, 6.45) is 4.80. The van der Waals surface area contributed by atoms with Gasteiger partial charge in [0.2, 0.25) is 5.95 Å². The molecule has 0 aliphatic heterocycles. The third kappa shape index (κ3) is 2.96. The molecule has 0 saturated carbocycles. The predicted molar refractivity (Wildman–Crippen MR) is 56.1 cm³/mol. The second-order valence-corrected chi connectivity index (χ2v) is 3.36. The van der Waals surface area contributed by atoms with Crippen molar-refractivity contribution in [2.24, 2.45) is 0 Å². The Balaban J connectivity index is 2.48. The number of hydrogen-bond acceptors (Lipinski definition) is 4. The van der Waals surface area contributed by atoms with Crippen molar-refractivity contribution in [3.05, 3.63) is 18.5 Å². The first-order valence-corrected chi connectivity index (χ1v) is 4.93. The lowest BCUT2D eigenvalue weighted by atomic mass is 9.98. The van der Waals surface area contributed by atoms with Gasteiger partial charge in [0.1, 0.15) is 0 Å². The number of anilines is 1. The van der Waals surface area contributed by atoms with Gasteiger partial charge < -0.3 is 10.4 Å². The number of hydrogen-bond donors (Lipinski definition) is 2. The summed E-state index contributed by atoms with van der Waals surface area (Å²) < 4.78 is 0. The summed E-state index contributed by atoms with van der Waals surface area (Å²) in [6.45, 7) is 4.43. The van der Waals surface area contributed by atoms with Crippen LogP contribution in [0.1, 0.15) is 26.7 Å². The molecule has 0 spiro atoms. The fraction of sp³-hybridized carbons (Fsp3) is 0.600. The molecule has 78 valence electrons. The highest BCUT2D eigenvalue weighted by Gasteiger charge is 2.21. The van der Waals surface area contributed by atoms with Crippen LogP contribution in [0.5, 0.6) is 0 Å². The number of rotatable bonds is 5. The van der Waals surface area contributed by atoms with E-state index in [0.717, 1.165) is 12.8 Å². The van der Waals surface area contributed by atoms with Crippen LogP contribution in [0.4, 0.5) is 5.95 Å². The molecule has 0 bridgehead atoms. The number of nitrogens with zero attached hydrogens (tertiary/aromatic N) is 2. The van der Waals surface area contributed by atoms with E-state index in [4.69, 9.17) is 0 Å². The quantitative estimate of drug-likeness (QED) is 0.746. The van der Waals surface area contributed by atoms with Crippen LogP contribution in [0.15, 0.2) is 18.5 Å². The van der Waals surface area contributed by atoms with E-state index in [1.165, 1.54) is 0 Å². The Morgan fingerprint density at radius 1 is 1.29 bits per heavy atom. The van der Waals surface area contributed by atoms with Gasteiger partial charge in [0.05, 0.1) is 5.60 Å². The van der Waals surface area contributed by atoms with Gasteiger partial charge in [-0.25, -0.2) is 9.97 Å². The molecule has 14 heavy (non-hydrogen) atoms. The van der Waals surface area contributed by atoms with Crippen molar-refractivity contribution < 1.29 is 5.11 Å². The van der Waals surface area contributed by atoms with Crippen molar-refractivity contribution in [1.29, 1.82) is 0 Å². The molecular weight excluding hydrogens is 178 g/mol. The molecular formula is C10H17N3O. The highest BCUT2D eigenvalue weighted by Crippen LogP contribution is 2.14. The minimum atomic E-state index is -0.654. The minimum absolute atomic E-state index is 0.490. The largest absolute Gasteiger partial charge is 0.388 e. The van der Waals surface area contributed by atoms with Gasteiger partial charge in [-0.2, -0.15) is 0 Å². The Hall–Kier alpha value is -1.16. The summed E-state index contributed by atoms with van der Waals surface area (Å²) in [5.41, 5.74) is -0.654. The van der Waals surface area contributed by atoms with Gasteiger partial charge in [0.25, 0.3) is 0 Å². The van der Waals surface area contributed by atoms with Gasteiger partial charge >= 0.3 is 0 Å². The summed E-state index contributed by atoms with van der Waals surface area (Å²) in [5.74, 6) is 0.563. The van der Waals surface area contributed by atoms with Crippen LogP contribution in [0.25, 0.3) is 0 Å². The van der Waals surface area contributed by atoms with Crippen molar-refractivity contribution in [2.75, 3.05) is 11.9 Å². The molecule has 1 rings (SSSR count). The van der Waals surface area contributed by atoms with Crippen LogP contribution < -0.4 is 5.32 Å². The molecule has 4 nitrogen and oxygen atoms in total. The topological polar surface area (TPSA) is 58.0 Å². The lowest BCUT2D eigenvalue weighted by Gasteiger charge is -2.25. The average molecular weight is 195 g/mol. The number of aliphatic hydroxyl groups is 1. The molecule has 0 amide bonds. The number of nitrogens with one attached hydrogen (secondary N) is 1. The molecule has 0 aliphatic carbocycles. The zero-order valence-corrected chi connectivity index (χ0v) is 8.70. The Morgan fingerprint density at radius 3 is 2.36 bits per heavy atom. The maximum Gasteiger partial charge on any atom is 0.222 e. The van der Waals surface area contributed by atoms with Crippen molar-refractivity contribution in [3.8, 4) is 0 Å². The first-order chi connectivity index (χ1) is 6.70. The summed E-state index contributed by atoms with van der Waals surface area (Å²) >= 11 is 0. The van der Waals surface area contributed by atoms with Crippen molar-refractivity contribution in [1.82, 2.24) is 9.97 Å². The standard InChI is InChI=1S/C10H17N3O/c1-3-10(14,4-2)8-13-9-11-6-5-7-12-9/h5-7,14H,3-4,8H2,1-2H3,(H,11,12,13). The molecule has 0 aliphatic rings. The Morgan fingerprint density at radius 2 is 1.86 bits per heavy atom. The van der Waals surface area contributed by atoms with Crippen LogP contribution in [-0.2, 0) is 0 Å². The highest BCUT2D eigenvalue weighted by molar-refractivity contribution is 5.22. The van der Waals surface area contributed by atoms with Gasteiger partial charge in [0.15, 0.2) is 0 Å². The molecule has 0 atom stereocenters. The van der Waals surface area contributed by atoms with E-state index >= 15 is 0 Å². The smallest absolute Gasteiger partial charge is 0.222 e. The zero-order valence-electron chi connectivity index (χ0n) is 8.70. The third-order valence-corrected chi connectivity index (χ3v) is 2.46. The molecule has 1 aromatic heterocycles. The Bertz CT molecular complexity index is 259. The van der Waals surface area contributed by atoms with Gasteiger partial charge in [0, 0.05) is 18.9 Å². The zero-order chi connectivity index (χ0) is 10.4. The molecule has 2 N–H and O–H groups in total. The molecule has 0 aromatic carbocycles. The highest BCUT2D eigenvalue weighted by atomic mass is 16.3. The van der Waals surface area contributed by atoms with Gasteiger partial charge in [-0.15, -0.1) is 0 Å². The first kappa shape index (κ1) is 10.9. The van der Waals surface area contributed by atoms with E-state index < -0.39 is 5.60 Å². The fourth-order valence-electron chi connectivity index (χ4n) is 1.13. The van der Waals surface area contributed by atoms with Crippen LogP contribution in [0.3, 0.4) is 0 Å². The molecule has 0 fully saturated rings. The maximum absolute atomic E-state index is 9.97. The lowest BCUT2D eigenvalue weighted by molar-refractivity contribution is 0.0455. The van der Waals surface area contributed by atoms with E-state index in [2.05, 4.69) is 15.3 Å². The first-order valence-electron chi connectivity index (χ1n) is 4.93. The van der Waals surface area contributed by atoms with Crippen LogP contribution in [0, 0.1) is 0 Å². The van der Waals surface area contributed by atoms with Crippen molar-refractivity contribution in [3.63, 3.8) is 0 Å². The lowest BCUT2D eigenvalue weighted by Crippen LogP contribution is -2.35. The molecule has 1 heterocycles. The van der Waals surface area contributed by atoms with Crippen molar-refractivity contribution >= 4 is 5.95 Å². The summed E-state index contributed by atoms with van der Waals surface area (Å²) in [5, 5.41) is 13.0. The second kappa shape index (κ2) is 4.91. The van der Waals surface area contributed by atoms with E-state index in [-0.39, 0.29) is 0 Å². The molecule has 4 heteroatoms. The summed E-state index contributed by atoms with van der Waals surface area (Å²) in [4.78, 5) is 8.03. The average Bonchev–Trinajstić information content (AvgIpc) is 2.27. The maximum atomic E-state index is 9.97. The van der Waals surface area contributed by atoms with Gasteiger partial charge in [-0.1, -0.05) is 13.8 Å². The minimum Gasteiger partial charge on any atom is -0.388 e. The van der Waals surface area contributed by atoms with Crippen LogP contribution >= 0.6 is 0 Å². The van der Waals surface area contributed by atoms with E-state index in [1.807, 2.05) is 13.8 Å². The van der Waals surface area contributed by atoms with E-state index in [1.54, 1.807) is 18.5 Å². The van der Waals surface area contributed by atoms with E-state index in [9.17, 15) is 5.11 Å². The number of aromatic nitrogens is 2. The fourth-order valence-corrected chi connectivity index (χ4v) is 1.13.